The number of hydrogen-bond acceptors (Lipinski definition) is 4. The molecule has 0 fully saturated rings. The van der Waals surface area contributed by atoms with Crippen molar-refractivity contribution in [3.8, 4) is 5.75 Å². The molecule has 2 aromatic rings. The van der Waals surface area contributed by atoms with E-state index in [1.54, 1.807) is 18.2 Å². The Balaban J connectivity index is 2.65. The summed E-state index contributed by atoms with van der Waals surface area (Å²) in [6.45, 7) is 2.85. The van der Waals surface area contributed by atoms with Gasteiger partial charge in [0.25, 0.3) is 11.5 Å². The molecule has 0 aliphatic rings. The first kappa shape index (κ1) is 16.2. The third-order valence-electron chi connectivity index (χ3n) is 3.52. The molecule has 1 heterocycles. The molecule has 6 nitrogen and oxygen atoms in total. The topological polar surface area (TPSA) is 88.4 Å². The van der Waals surface area contributed by atoms with E-state index < -0.39 is 17.5 Å². The van der Waals surface area contributed by atoms with Gasteiger partial charge >= 0.3 is 0 Å². The van der Waals surface area contributed by atoms with Crippen LogP contribution >= 0.6 is 15.9 Å². The Kier molecular flexibility index (Phi) is 4.37. The summed E-state index contributed by atoms with van der Waals surface area (Å²) < 4.78 is 2.03. The fraction of sp³-hybridized carbons (Fsp3) is 0.267. The average Bonchev–Trinajstić information content (AvgIpc) is 2.44. The van der Waals surface area contributed by atoms with E-state index >= 15 is 0 Å². The highest BCUT2D eigenvalue weighted by Gasteiger charge is 2.23. The first-order valence-electron chi connectivity index (χ1n) is 6.56. The number of fused-ring (bicyclic) bond motifs is 1. The Bertz CT molecular complexity index is 842. The van der Waals surface area contributed by atoms with Crippen LogP contribution in [0.4, 0.5) is 0 Å². The number of halogens is 1. The second kappa shape index (κ2) is 5.92. The monoisotopic (exact) mass is 366 g/mol. The Morgan fingerprint density at radius 2 is 2.00 bits per heavy atom. The number of nitrogens with zero attached hydrogens (tertiary/aromatic N) is 1. The number of hydrogen-bond donors (Lipinski definition) is 2. The second-order valence-electron chi connectivity index (χ2n) is 5.06. The molecule has 22 heavy (non-hydrogen) atoms. The number of carbonyl (C=O) groups is 2. The lowest BCUT2D eigenvalue weighted by molar-refractivity contribution is -0.118. The van der Waals surface area contributed by atoms with Crippen LogP contribution in [0.25, 0.3) is 10.9 Å². The standard InChI is InChI=1S/C15H15BrN2O4/c1-7(8(2)19)17-14(21)12-13(20)10-5-4-9(16)6-11(10)18(3)15(12)22/h4-7,20H,1-3H3,(H,17,21)/t7-/m0/s1. The van der Waals surface area contributed by atoms with Crippen LogP contribution in [0.2, 0.25) is 0 Å². The molecule has 1 aromatic heterocycles. The van der Waals surface area contributed by atoms with Crippen LogP contribution in [0.5, 0.6) is 5.75 Å². The zero-order chi connectivity index (χ0) is 16.6. The molecule has 1 atom stereocenters. The van der Waals surface area contributed by atoms with Crippen molar-refractivity contribution in [1.82, 2.24) is 9.88 Å². The molecule has 0 spiro atoms. The average molecular weight is 367 g/mol. The van der Waals surface area contributed by atoms with E-state index in [2.05, 4.69) is 21.2 Å². The molecule has 0 radical (unpaired) electrons. The summed E-state index contributed by atoms with van der Waals surface area (Å²) in [7, 11) is 1.52. The zero-order valence-corrected chi connectivity index (χ0v) is 13.9. The number of benzene rings is 1. The van der Waals surface area contributed by atoms with Crippen molar-refractivity contribution in [2.45, 2.75) is 19.9 Å². The highest BCUT2D eigenvalue weighted by atomic mass is 79.9. The summed E-state index contributed by atoms with van der Waals surface area (Å²) in [5.41, 5.74) is -0.505. The molecule has 0 unspecified atom stereocenters. The fourth-order valence-electron chi connectivity index (χ4n) is 2.07. The lowest BCUT2D eigenvalue weighted by Gasteiger charge is -2.14. The summed E-state index contributed by atoms with van der Waals surface area (Å²) in [5, 5.41) is 13.1. The molecule has 0 bridgehead atoms. The van der Waals surface area contributed by atoms with Gasteiger partial charge in [0.05, 0.1) is 11.6 Å². The number of aryl methyl sites for hydroxylation is 1. The van der Waals surface area contributed by atoms with E-state index in [1.807, 2.05) is 0 Å². The molecular formula is C15H15BrN2O4. The van der Waals surface area contributed by atoms with Crippen LogP contribution in [-0.2, 0) is 11.8 Å². The quantitative estimate of drug-likeness (QED) is 0.865. The highest BCUT2D eigenvalue weighted by Crippen LogP contribution is 2.28. The lowest BCUT2D eigenvalue weighted by Crippen LogP contribution is -2.40. The third kappa shape index (κ3) is 2.76. The summed E-state index contributed by atoms with van der Waals surface area (Å²) in [5.74, 6) is -1.40. The van der Waals surface area contributed by atoms with Gasteiger partial charge in [-0.25, -0.2) is 0 Å². The van der Waals surface area contributed by atoms with Gasteiger partial charge in [-0.2, -0.15) is 0 Å². The van der Waals surface area contributed by atoms with Crippen LogP contribution in [0.3, 0.4) is 0 Å². The number of aromatic nitrogens is 1. The lowest BCUT2D eigenvalue weighted by atomic mass is 10.1. The minimum Gasteiger partial charge on any atom is -0.506 e. The van der Waals surface area contributed by atoms with Gasteiger partial charge in [-0.05, 0) is 32.0 Å². The van der Waals surface area contributed by atoms with Gasteiger partial charge in [0, 0.05) is 16.9 Å². The molecule has 1 amide bonds. The number of amides is 1. The minimum atomic E-state index is -0.773. The second-order valence-corrected chi connectivity index (χ2v) is 5.97. The van der Waals surface area contributed by atoms with E-state index in [0.29, 0.717) is 10.9 Å². The van der Waals surface area contributed by atoms with E-state index in [1.165, 1.54) is 25.5 Å². The van der Waals surface area contributed by atoms with E-state index in [0.717, 1.165) is 4.47 Å². The molecule has 0 aliphatic carbocycles. The molecule has 7 heteroatoms. The summed E-state index contributed by atoms with van der Waals surface area (Å²) in [6, 6.07) is 4.25. The van der Waals surface area contributed by atoms with Gasteiger partial charge in [-0.3, -0.25) is 14.4 Å². The summed E-state index contributed by atoms with van der Waals surface area (Å²) in [6.07, 6.45) is 0. The SMILES string of the molecule is CC(=O)[C@H](C)NC(=O)c1c(O)c2ccc(Br)cc2n(C)c1=O. The Labute approximate surface area is 134 Å². The Hall–Kier alpha value is -2.15. The van der Waals surface area contributed by atoms with E-state index in [4.69, 9.17) is 0 Å². The van der Waals surface area contributed by atoms with Crippen LogP contribution in [0.1, 0.15) is 24.2 Å². The van der Waals surface area contributed by atoms with Gasteiger partial charge in [-0.15, -0.1) is 0 Å². The summed E-state index contributed by atoms with van der Waals surface area (Å²) in [4.78, 5) is 35.8. The minimum absolute atomic E-state index is 0.241. The number of pyridine rings is 1. The fourth-order valence-corrected chi connectivity index (χ4v) is 2.42. The van der Waals surface area contributed by atoms with Crippen molar-refractivity contribution >= 4 is 38.5 Å². The van der Waals surface area contributed by atoms with Crippen molar-refractivity contribution in [2.75, 3.05) is 0 Å². The highest BCUT2D eigenvalue weighted by molar-refractivity contribution is 9.10. The van der Waals surface area contributed by atoms with E-state index in [9.17, 15) is 19.5 Å². The molecule has 116 valence electrons. The van der Waals surface area contributed by atoms with Gasteiger partial charge in [0.1, 0.15) is 11.3 Å². The zero-order valence-electron chi connectivity index (χ0n) is 12.3. The van der Waals surface area contributed by atoms with Crippen LogP contribution in [0, 0.1) is 0 Å². The van der Waals surface area contributed by atoms with Gasteiger partial charge < -0.3 is 15.0 Å². The van der Waals surface area contributed by atoms with Gasteiger partial charge in [0.2, 0.25) is 0 Å². The molecule has 1 aromatic carbocycles. The largest absolute Gasteiger partial charge is 0.506 e. The predicted molar refractivity (Wildman–Crippen MR) is 86.2 cm³/mol. The van der Waals surface area contributed by atoms with Crippen molar-refractivity contribution in [3.63, 3.8) is 0 Å². The van der Waals surface area contributed by atoms with Crippen molar-refractivity contribution < 1.29 is 14.7 Å². The number of Topliss-reactive ketones (excluding diaryl/α,β-unsaturated/α-hetero) is 1. The molecule has 2 N–H and O–H groups in total. The number of nitrogens with one attached hydrogen (secondary N) is 1. The first-order valence-corrected chi connectivity index (χ1v) is 7.36. The van der Waals surface area contributed by atoms with Crippen LogP contribution < -0.4 is 10.9 Å². The first-order chi connectivity index (χ1) is 10.2. The van der Waals surface area contributed by atoms with Crippen LogP contribution in [0.15, 0.2) is 27.5 Å². The normalized spacial score (nSPS) is 12.2. The molecule has 0 saturated heterocycles. The molecule has 0 saturated carbocycles. The number of carbonyl (C=O) groups excluding carboxylic acids is 2. The van der Waals surface area contributed by atoms with Gasteiger partial charge in [-0.1, -0.05) is 15.9 Å². The van der Waals surface area contributed by atoms with Gasteiger partial charge in [0.15, 0.2) is 5.78 Å². The Morgan fingerprint density at radius 3 is 2.59 bits per heavy atom. The number of rotatable bonds is 3. The van der Waals surface area contributed by atoms with E-state index in [-0.39, 0.29) is 17.1 Å². The molecule has 0 aliphatic heterocycles. The number of aromatic hydroxyl groups is 1. The van der Waals surface area contributed by atoms with Crippen molar-refractivity contribution in [2.24, 2.45) is 7.05 Å². The van der Waals surface area contributed by atoms with Crippen LogP contribution in [-0.4, -0.2) is 27.4 Å². The maximum Gasteiger partial charge on any atom is 0.267 e. The number of ketones is 1. The smallest absolute Gasteiger partial charge is 0.267 e. The Morgan fingerprint density at radius 1 is 1.36 bits per heavy atom. The maximum atomic E-state index is 12.3. The molecule has 2 rings (SSSR count). The molecular weight excluding hydrogens is 352 g/mol. The predicted octanol–water partition coefficient (Wildman–Crippen LogP) is 1.71. The van der Waals surface area contributed by atoms with Crippen molar-refractivity contribution in [1.29, 1.82) is 0 Å². The summed E-state index contributed by atoms with van der Waals surface area (Å²) >= 11 is 3.30. The van der Waals surface area contributed by atoms with Crippen molar-refractivity contribution in [3.05, 3.63) is 38.6 Å². The third-order valence-corrected chi connectivity index (χ3v) is 4.01. The maximum absolute atomic E-state index is 12.3.